The molecule has 0 saturated carbocycles. The normalized spacial score (nSPS) is 18.7. The average Bonchev–Trinajstić information content (AvgIpc) is 3.34. The molecule has 1 aliphatic rings. The van der Waals surface area contributed by atoms with E-state index < -0.39 is 4.92 Å². The lowest BCUT2D eigenvalue weighted by Crippen LogP contribution is -2.32. The molecule has 29 heavy (non-hydrogen) atoms. The van der Waals surface area contributed by atoms with Crippen molar-refractivity contribution in [1.82, 2.24) is 15.2 Å². The Morgan fingerprint density at radius 2 is 2.00 bits per heavy atom. The third-order valence-corrected chi connectivity index (χ3v) is 5.18. The summed E-state index contributed by atoms with van der Waals surface area (Å²) in [6.45, 7) is 0.242. The number of furan rings is 1. The number of rotatable bonds is 6. The molecular formula is C20H18N4O4S. The lowest BCUT2D eigenvalue weighted by molar-refractivity contribution is -0.384. The number of aliphatic hydroxyl groups excluding tert-OH is 1. The molecule has 3 aromatic rings. The molecule has 0 radical (unpaired) electrons. The fourth-order valence-corrected chi connectivity index (χ4v) is 3.89. The van der Waals surface area contributed by atoms with Gasteiger partial charge in [0.1, 0.15) is 17.6 Å². The Balaban J connectivity index is 1.75. The molecule has 0 unspecified atom stereocenters. The van der Waals surface area contributed by atoms with Crippen molar-refractivity contribution >= 4 is 23.0 Å². The van der Waals surface area contributed by atoms with Gasteiger partial charge in [-0.05, 0) is 42.5 Å². The zero-order chi connectivity index (χ0) is 20.4. The SMILES string of the molecule is O=[N+]([O-])c1ccccc1-c1ccc([C@H]2[C@H](c3ccccn3)NC(=S)N2CCO)o1. The Labute approximate surface area is 171 Å². The van der Waals surface area contributed by atoms with Crippen molar-refractivity contribution < 1.29 is 14.4 Å². The Hall–Kier alpha value is -3.30. The first-order valence-corrected chi connectivity index (χ1v) is 9.43. The van der Waals surface area contributed by atoms with Gasteiger partial charge in [-0.2, -0.15) is 0 Å². The number of nitro groups is 1. The number of β-amino-alcohol motifs (C(OH)–C–C–N with tert-alkyl or cyclic N) is 1. The summed E-state index contributed by atoms with van der Waals surface area (Å²) in [7, 11) is 0. The third-order valence-electron chi connectivity index (χ3n) is 4.82. The highest BCUT2D eigenvalue weighted by atomic mass is 32.1. The van der Waals surface area contributed by atoms with Gasteiger partial charge in [0.15, 0.2) is 5.11 Å². The first kappa shape index (κ1) is 19.0. The highest BCUT2D eigenvalue weighted by Crippen LogP contribution is 2.41. The fraction of sp³-hybridized carbons (Fsp3) is 0.200. The maximum Gasteiger partial charge on any atom is 0.280 e. The van der Waals surface area contributed by atoms with Gasteiger partial charge in [0.05, 0.1) is 28.8 Å². The molecule has 1 aliphatic heterocycles. The largest absolute Gasteiger partial charge is 0.459 e. The van der Waals surface area contributed by atoms with E-state index in [4.69, 9.17) is 16.6 Å². The smallest absolute Gasteiger partial charge is 0.280 e. The first-order chi connectivity index (χ1) is 14.1. The number of nitrogens with one attached hydrogen (secondary N) is 1. The van der Waals surface area contributed by atoms with E-state index in [-0.39, 0.29) is 24.4 Å². The number of benzene rings is 1. The van der Waals surface area contributed by atoms with Crippen molar-refractivity contribution in [2.45, 2.75) is 12.1 Å². The number of nitrogens with zero attached hydrogens (tertiary/aromatic N) is 3. The van der Waals surface area contributed by atoms with Crippen LogP contribution in [0.1, 0.15) is 23.5 Å². The molecule has 0 aliphatic carbocycles. The number of para-hydroxylation sites is 1. The Morgan fingerprint density at radius 1 is 1.21 bits per heavy atom. The maximum absolute atomic E-state index is 11.4. The second-order valence-electron chi connectivity index (χ2n) is 6.52. The lowest BCUT2D eigenvalue weighted by Gasteiger charge is -2.25. The van der Waals surface area contributed by atoms with Crippen molar-refractivity contribution in [3.63, 3.8) is 0 Å². The van der Waals surface area contributed by atoms with Crippen LogP contribution >= 0.6 is 12.2 Å². The quantitative estimate of drug-likeness (QED) is 0.363. The van der Waals surface area contributed by atoms with E-state index >= 15 is 0 Å². The van der Waals surface area contributed by atoms with E-state index in [1.807, 2.05) is 23.1 Å². The predicted octanol–water partition coefficient (Wildman–Crippen LogP) is 3.21. The van der Waals surface area contributed by atoms with Gasteiger partial charge in [0.25, 0.3) is 5.69 Å². The van der Waals surface area contributed by atoms with Gasteiger partial charge < -0.3 is 19.7 Å². The summed E-state index contributed by atoms with van der Waals surface area (Å²) in [4.78, 5) is 17.2. The van der Waals surface area contributed by atoms with Gasteiger partial charge in [-0.3, -0.25) is 15.1 Å². The molecule has 148 valence electrons. The van der Waals surface area contributed by atoms with Crippen LogP contribution in [-0.2, 0) is 0 Å². The van der Waals surface area contributed by atoms with E-state index in [0.717, 1.165) is 5.69 Å². The average molecular weight is 410 g/mol. The maximum atomic E-state index is 11.4. The molecule has 1 aromatic carbocycles. The minimum atomic E-state index is -0.432. The van der Waals surface area contributed by atoms with Crippen LogP contribution in [0.15, 0.2) is 65.2 Å². The third kappa shape index (κ3) is 3.57. The van der Waals surface area contributed by atoms with E-state index in [1.165, 1.54) is 6.07 Å². The van der Waals surface area contributed by atoms with Crippen LogP contribution in [0.3, 0.4) is 0 Å². The van der Waals surface area contributed by atoms with Gasteiger partial charge in [-0.15, -0.1) is 0 Å². The zero-order valence-electron chi connectivity index (χ0n) is 15.3. The molecule has 4 rings (SSSR count). The van der Waals surface area contributed by atoms with Crippen LogP contribution in [0.2, 0.25) is 0 Å². The summed E-state index contributed by atoms with van der Waals surface area (Å²) < 4.78 is 6.07. The highest BCUT2D eigenvalue weighted by molar-refractivity contribution is 7.80. The van der Waals surface area contributed by atoms with Gasteiger partial charge >= 0.3 is 0 Å². The minimum absolute atomic E-state index is 0.0260. The predicted molar refractivity (Wildman–Crippen MR) is 110 cm³/mol. The number of aromatic nitrogens is 1. The topological polar surface area (TPSA) is 105 Å². The summed E-state index contributed by atoms with van der Waals surface area (Å²) in [5.41, 5.74) is 1.16. The van der Waals surface area contributed by atoms with Crippen LogP contribution in [0, 0.1) is 10.1 Å². The number of pyridine rings is 1. The van der Waals surface area contributed by atoms with E-state index in [2.05, 4.69) is 10.3 Å². The van der Waals surface area contributed by atoms with E-state index in [0.29, 0.717) is 28.7 Å². The molecule has 0 amide bonds. The summed E-state index contributed by atoms with van der Waals surface area (Å²) >= 11 is 5.46. The van der Waals surface area contributed by atoms with Crippen LogP contribution in [0.25, 0.3) is 11.3 Å². The molecule has 0 bridgehead atoms. The summed E-state index contributed by atoms with van der Waals surface area (Å²) in [6.07, 6.45) is 1.70. The number of nitro benzene ring substituents is 1. The molecule has 1 saturated heterocycles. The molecule has 8 nitrogen and oxygen atoms in total. The number of hydrogen-bond donors (Lipinski definition) is 2. The summed E-state index contributed by atoms with van der Waals surface area (Å²) in [5, 5.41) is 24.6. The van der Waals surface area contributed by atoms with Crippen molar-refractivity contribution in [1.29, 1.82) is 0 Å². The summed E-state index contributed by atoms with van der Waals surface area (Å²) in [6, 6.07) is 14.9. The Kier molecular flexibility index (Phi) is 5.24. The van der Waals surface area contributed by atoms with E-state index in [1.54, 1.807) is 36.5 Å². The Morgan fingerprint density at radius 3 is 2.72 bits per heavy atom. The highest BCUT2D eigenvalue weighted by Gasteiger charge is 2.41. The van der Waals surface area contributed by atoms with Crippen molar-refractivity contribution in [2.75, 3.05) is 13.2 Å². The van der Waals surface area contributed by atoms with Crippen molar-refractivity contribution in [2.24, 2.45) is 0 Å². The minimum Gasteiger partial charge on any atom is -0.459 e. The van der Waals surface area contributed by atoms with Gasteiger partial charge in [0.2, 0.25) is 0 Å². The number of hydrogen-bond acceptors (Lipinski definition) is 6. The van der Waals surface area contributed by atoms with Crippen LogP contribution in [0.4, 0.5) is 5.69 Å². The molecule has 2 N–H and O–H groups in total. The van der Waals surface area contributed by atoms with Gasteiger partial charge in [0, 0.05) is 18.8 Å². The molecule has 2 aromatic heterocycles. The van der Waals surface area contributed by atoms with Crippen LogP contribution in [-0.4, -0.2) is 38.2 Å². The van der Waals surface area contributed by atoms with Crippen molar-refractivity contribution in [3.8, 4) is 11.3 Å². The molecule has 1 fully saturated rings. The Bertz CT molecular complexity index is 1040. The first-order valence-electron chi connectivity index (χ1n) is 9.02. The number of thiocarbonyl (C=S) groups is 1. The van der Waals surface area contributed by atoms with E-state index in [9.17, 15) is 15.2 Å². The molecule has 0 spiro atoms. The van der Waals surface area contributed by atoms with Crippen LogP contribution in [0.5, 0.6) is 0 Å². The molecular weight excluding hydrogens is 392 g/mol. The van der Waals surface area contributed by atoms with Gasteiger partial charge in [-0.25, -0.2) is 0 Å². The zero-order valence-corrected chi connectivity index (χ0v) is 16.1. The molecule has 3 heterocycles. The second-order valence-corrected chi connectivity index (χ2v) is 6.91. The number of aliphatic hydroxyl groups is 1. The monoisotopic (exact) mass is 410 g/mol. The standard InChI is InChI=1S/C20H18N4O4S/c25-12-11-23-19(18(22-20(23)29)14-6-3-4-10-21-14)17-9-8-16(28-17)13-5-1-2-7-15(13)24(26)27/h1-10,18-19,25H,11-12H2,(H,22,29)/t18-,19-/m0/s1. The second kappa shape index (κ2) is 7.98. The molecule has 9 heteroatoms. The lowest BCUT2D eigenvalue weighted by atomic mass is 10.0. The van der Waals surface area contributed by atoms with Crippen molar-refractivity contribution in [3.05, 3.63) is 82.4 Å². The van der Waals surface area contributed by atoms with Gasteiger partial charge in [-0.1, -0.05) is 18.2 Å². The fourth-order valence-electron chi connectivity index (χ4n) is 3.56. The van der Waals surface area contributed by atoms with Crippen LogP contribution < -0.4 is 5.32 Å². The molecule has 2 atom stereocenters. The summed E-state index contributed by atoms with van der Waals surface area (Å²) in [5.74, 6) is 0.975.